The van der Waals surface area contributed by atoms with E-state index in [2.05, 4.69) is 39.9 Å². The van der Waals surface area contributed by atoms with Gasteiger partial charge in [0.05, 0.1) is 6.61 Å². The highest BCUT2D eigenvalue weighted by Gasteiger charge is 2.20. The van der Waals surface area contributed by atoms with Crippen molar-refractivity contribution in [2.45, 2.75) is 52.6 Å². The molecule has 0 heterocycles. The zero-order chi connectivity index (χ0) is 9.78. The summed E-state index contributed by atoms with van der Waals surface area (Å²) >= 11 is 0. The summed E-state index contributed by atoms with van der Waals surface area (Å²) in [5, 5.41) is 12.5. The van der Waals surface area contributed by atoms with Gasteiger partial charge in [-0.15, -0.1) is 0 Å². The van der Waals surface area contributed by atoms with Crippen LogP contribution >= 0.6 is 0 Å². The summed E-state index contributed by atoms with van der Waals surface area (Å²) in [4.78, 5) is 0. The molecule has 0 bridgehead atoms. The van der Waals surface area contributed by atoms with Crippen LogP contribution in [0, 0.1) is 5.92 Å². The molecule has 0 aliphatic heterocycles. The van der Waals surface area contributed by atoms with Gasteiger partial charge in [0.15, 0.2) is 0 Å². The minimum atomic E-state index is 0.0941. The second-order valence-electron chi connectivity index (χ2n) is 4.57. The fraction of sp³-hybridized carbons (Fsp3) is 1.00. The van der Waals surface area contributed by atoms with Crippen LogP contribution in [0.25, 0.3) is 0 Å². The third-order valence-corrected chi connectivity index (χ3v) is 2.15. The molecule has 2 N–H and O–H groups in total. The van der Waals surface area contributed by atoms with Gasteiger partial charge in [-0.2, -0.15) is 0 Å². The zero-order valence-electron chi connectivity index (χ0n) is 9.02. The van der Waals surface area contributed by atoms with Crippen molar-refractivity contribution in [1.82, 2.24) is 5.32 Å². The molecule has 2 heteroatoms. The highest BCUT2D eigenvalue weighted by molar-refractivity contribution is 4.80. The Hall–Kier alpha value is -0.0800. The number of rotatable bonds is 4. The highest BCUT2D eigenvalue weighted by Crippen LogP contribution is 2.11. The predicted octanol–water partition coefficient (Wildman–Crippen LogP) is 1.78. The first-order valence-electron chi connectivity index (χ1n) is 4.79. The Balaban J connectivity index is 3.99. The van der Waals surface area contributed by atoms with Gasteiger partial charge >= 0.3 is 0 Å². The van der Waals surface area contributed by atoms with E-state index < -0.39 is 0 Å². The van der Waals surface area contributed by atoms with Crippen molar-refractivity contribution in [3.63, 3.8) is 0 Å². The molecule has 0 fully saturated rings. The van der Waals surface area contributed by atoms with E-state index >= 15 is 0 Å². The molecular formula is C10H23NO. The summed E-state index contributed by atoms with van der Waals surface area (Å²) in [6.45, 7) is 10.9. The Labute approximate surface area is 76.4 Å². The van der Waals surface area contributed by atoms with Crippen molar-refractivity contribution < 1.29 is 5.11 Å². The summed E-state index contributed by atoms with van der Waals surface area (Å²) in [5.41, 5.74) is 0.0941. The first-order chi connectivity index (χ1) is 5.40. The molecule has 0 saturated heterocycles. The maximum Gasteiger partial charge on any atom is 0.0587 e. The molecule has 0 amide bonds. The minimum absolute atomic E-state index is 0.0941. The quantitative estimate of drug-likeness (QED) is 0.679. The van der Waals surface area contributed by atoms with Crippen LogP contribution in [-0.4, -0.2) is 23.3 Å². The summed E-state index contributed by atoms with van der Waals surface area (Å²) in [7, 11) is 0. The first kappa shape index (κ1) is 11.9. The smallest absolute Gasteiger partial charge is 0.0587 e. The van der Waals surface area contributed by atoms with Crippen LogP contribution in [0.3, 0.4) is 0 Å². The van der Waals surface area contributed by atoms with Crippen LogP contribution in [0.2, 0.25) is 0 Å². The molecule has 0 radical (unpaired) electrons. The molecule has 0 aliphatic carbocycles. The Morgan fingerprint density at radius 3 is 2.08 bits per heavy atom. The number of aliphatic hydroxyl groups excluding tert-OH is 1. The average molecular weight is 173 g/mol. The first-order valence-corrected chi connectivity index (χ1v) is 4.79. The maximum absolute atomic E-state index is 9.13. The molecule has 0 aromatic rings. The van der Waals surface area contributed by atoms with E-state index in [4.69, 9.17) is 5.11 Å². The van der Waals surface area contributed by atoms with Crippen LogP contribution < -0.4 is 5.32 Å². The number of hydrogen-bond donors (Lipinski definition) is 2. The van der Waals surface area contributed by atoms with Crippen LogP contribution in [0.15, 0.2) is 0 Å². The van der Waals surface area contributed by atoms with E-state index in [0.29, 0.717) is 5.92 Å². The summed E-state index contributed by atoms with van der Waals surface area (Å²) in [6.07, 6.45) is 1.11. The molecule has 12 heavy (non-hydrogen) atoms. The van der Waals surface area contributed by atoms with E-state index in [9.17, 15) is 0 Å². The molecule has 2 nitrogen and oxygen atoms in total. The third-order valence-electron chi connectivity index (χ3n) is 2.15. The van der Waals surface area contributed by atoms with Gasteiger partial charge in [-0.1, -0.05) is 20.3 Å². The predicted molar refractivity (Wildman–Crippen MR) is 53.2 cm³/mol. The third kappa shape index (κ3) is 4.73. The van der Waals surface area contributed by atoms with Gasteiger partial charge in [0.25, 0.3) is 0 Å². The molecule has 0 aromatic carbocycles. The van der Waals surface area contributed by atoms with E-state index in [-0.39, 0.29) is 18.2 Å². The standard InChI is InChI=1S/C10H23NO/c1-6-8(2)9(7-12)11-10(3,4)5/h8-9,11-12H,6-7H2,1-5H3/t8-,9+/m0/s1. The van der Waals surface area contributed by atoms with Crippen molar-refractivity contribution in [1.29, 1.82) is 0 Å². The Bertz CT molecular complexity index is 117. The molecule has 0 aliphatic rings. The molecule has 0 unspecified atom stereocenters. The summed E-state index contributed by atoms with van der Waals surface area (Å²) in [6, 6.07) is 0.231. The lowest BCUT2D eigenvalue weighted by Gasteiger charge is -2.30. The largest absolute Gasteiger partial charge is 0.395 e. The lowest BCUT2D eigenvalue weighted by molar-refractivity contribution is 0.175. The van der Waals surface area contributed by atoms with Crippen LogP contribution in [0.4, 0.5) is 0 Å². The van der Waals surface area contributed by atoms with Crippen LogP contribution in [0.1, 0.15) is 41.0 Å². The fourth-order valence-electron chi connectivity index (χ4n) is 1.21. The molecule has 0 saturated carbocycles. The average Bonchev–Trinajstić information content (AvgIpc) is 1.97. The molecule has 2 atom stereocenters. The summed E-state index contributed by atoms with van der Waals surface area (Å²) in [5.74, 6) is 0.536. The number of hydrogen-bond acceptors (Lipinski definition) is 2. The van der Waals surface area contributed by atoms with Gasteiger partial charge in [-0.25, -0.2) is 0 Å². The number of nitrogens with one attached hydrogen (secondary N) is 1. The second-order valence-corrected chi connectivity index (χ2v) is 4.57. The van der Waals surface area contributed by atoms with Crippen molar-refractivity contribution >= 4 is 0 Å². The van der Waals surface area contributed by atoms with E-state index in [0.717, 1.165) is 6.42 Å². The van der Waals surface area contributed by atoms with Crippen LogP contribution in [-0.2, 0) is 0 Å². The normalized spacial score (nSPS) is 17.5. The molecule has 0 rings (SSSR count). The molecular weight excluding hydrogens is 150 g/mol. The molecule has 0 aromatic heterocycles. The van der Waals surface area contributed by atoms with Crippen LogP contribution in [0.5, 0.6) is 0 Å². The lowest BCUT2D eigenvalue weighted by Crippen LogP contribution is -2.48. The van der Waals surface area contributed by atoms with Gasteiger partial charge in [0, 0.05) is 11.6 Å². The second kappa shape index (κ2) is 4.83. The SMILES string of the molecule is CC[C@H](C)[C@@H](CO)NC(C)(C)C. The van der Waals surface area contributed by atoms with E-state index in [1.54, 1.807) is 0 Å². The highest BCUT2D eigenvalue weighted by atomic mass is 16.3. The van der Waals surface area contributed by atoms with Crippen molar-refractivity contribution in [2.24, 2.45) is 5.92 Å². The fourth-order valence-corrected chi connectivity index (χ4v) is 1.21. The maximum atomic E-state index is 9.13. The van der Waals surface area contributed by atoms with Gasteiger partial charge in [0.1, 0.15) is 0 Å². The molecule has 74 valence electrons. The monoisotopic (exact) mass is 173 g/mol. The summed E-state index contributed by atoms with van der Waals surface area (Å²) < 4.78 is 0. The zero-order valence-corrected chi connectivity index (χ0v) is 9.02. The Morgan fingerprint density at radius 2 is 1.83 bits per heavy atom. The van der Waals surface area contributed by atoms with Gasteiger partial charge in [-0.3, -0.25) is 0 Å². The van der Waals surface area contributed by atoms with Gasteiger partial charge in [-0.05, 0) is 26.7 Å². The number of aliphatic hydroxyl groups is 1. The molecule has 0 spiro atoms. The van der Waals surface area contributed by atoms with Gasteiger partial charge in [0.2, 0.25) is 0 Å². The van der Waals surface area contributed by atoms with Crippen molar-refractivity contribution in [2.75, 3.05) is 6.61 Å². The Kier molecular flexibility index (Phi) is 4.80. The van der Waals surface area contributed by atoms with E-state index in [1.807, 2.05) is 0 Å². The Morgan fingerprint density at radius 1 is 1.33 bits per heavy atom. The van der Waals surface area contributed by atoms with E-state index in [1.165, 1.54) is 0 Å². The lowest BCUT2D eigenvalue weighted by atomic mass is 9.96. The van der Waals surface area contributed by atoms with Crippen molar-refractivity contribution in [3.8, 4) is 0 Å². The van der Waals surface area contributed by atoms with Crippen molar-refractivity contribution in [3.05, 3.63) is 0 Å². The van der Waals surface area contributed by atoms with Gasteiger partial charge < -0.3 is 10.4 Å². The minimum Gasteiger partial charge on any atom is -0.395 e. The topological polar surface area (TPSA) is 32.3 Å².